The van der Waals surface area contributed by atoms with Gasteiger partial charge in [-0.15, -0.1) is 0 Å². The van der Waals surface area contributed by atoms with Crippen molar-refractivity contribution in [2.45, 2.75) is 6.04 Å². The summed E-state index contributed by atoms with van der Waals surface area (Å²) in [7, 11) is 0. The second kappa shape index (κ2) is 4.51. The van der Waals surface area contributed by atoms with Crippen LogP contribution in [0.4, 0.5) is 5.95 Å². The Balaban J connectivity index is 1.48. The molecule has 2 aliphatic rings. The first-order valence-corrected chi connectivity index (χ1v) is 7.04. The Kier molecular flexibility index (Phi) is 2.67. The summed E-state index contributed by atoms with van der Waals surface area (Å²) in [4.78, 5) is 13.1. The van der Waals surface area contributed by atoms with Gasteiger partial charge in [-0.3, -0.25) is 4.90 Å². The molecule has 5 nitrogen and oxygen atoms in total. The highest BCUT2D eigenvalue weighted by Gasteiger charge is 2.28. The van der Waals surface area contributed by atoms with Crippen molar-refractivity contribution in [1.82, 2.24) is 20.2 Å². The van der Waals surface area contributed by atoms with E-state index in [4.69, 9.17) is 0 Å². The van der Waals surface area contributed by atoms with Gasteiger partial charge in [-0.25, -0.2) is 4.98 Å². The molecule has 2 saturated heterocycles. The second-order valence-electron chi connectivity index (χ2n) is 5.41. The van der Waals surface area contributed by atoms with Crippen molar-refractivity contribution < 1.29 is 0 Å². The number of H-pyrrole nitrogens is 1. The molecule has 0 unspecified atom stereocenters. The third-order valence-electron chi connectivity index (χ3n) is 4.27. The van der Waals surface area contributed by atoms with Gasteiger partial charge in [0, 0.05) is 45.3 Å². The highest BCUT2D eigenvalue weighted by molar-refractivity contribution is 5.77. The van der Waals surface area contributed by atoms with Gasteiger partial charge in [-0.2, -0.15) is 0 Å². The molecule has 0 aliphatic carbocycles. The fourth-order valence-corrected chi connectivity index (χ4v) is 2.92. The second-order valence-corrected chi connectivity index (χ2v) is 5.41. The molecule has 5 heteroatoms. The molecule has 0 radical (unpaired) electrons. The first-order valence-electron chi connectivity index (χ1n) is 7.04. The third kappa shape index (κ3) is 1.99. The molecule has 0 saturated carbocycles. The van der Waals surface area contributed by atoms with E-state index in [-0.39, 0.29) is 0 Å². The van der Waals surface area contributed by atoms with Crippen molar-refractivity contribution in [3.8, 4) is 0 Å². The number of imidazole rings is 1. The van der Waals surface area contributed by atoms with Crippen molar-refractivity contribution in [3.63, 3.8) is 0 Å². The highest BCUT2D eigenvalue weighted by atomic mass is 15.3. The molecule has 2 N–H and O–H groups in total. The average Bonchev–Trinajstić information content (AvgIpc) is 2.81. The quantitative estimate of drug-likeness (QED) is 0.829. The van der Waals surface area contributed by atoms with Crippen LogP contribution in [0.1, 0.15) is 0 Å². The molecule has 19 heavy (non-hydrogen) atoms. The summed E-state index contributed by atoms with van der Waals surface area (Å²) in [6, 6.07) is 8.99. The SMILES string of the molecule is c1ccc2[nH]c(N3CCN(C4CNC4)CC3)nc2c1. The molecule has 2 aromatic rings. The van der Waals surface area contributed by atoms with Gasteiger partial charge in [0.25, 0.3) is 0 Å². The van der Waals surface area contributed by atoms with E-state index in [1.54, 1.807) is 0 Å². The van der Waals surface area contributed by atoms with E-state index in [0.717, 1.165) is 62.3 Å². The van der Waals surface area contributed by atoms with Gasteiger partial charge >= 0.3 is 0 Å². The fraction of sp³-hybridized carbons (Fsp3) is 0.500. The molecule has 3 heterocycles. The molecule has 1 aromatic heterocycles. The van der Waals surface area contributed by atoms with Crippen LogP contribution < -0.4 is 10.2 Å². The smallest absolute Gasteiger partial charge is 0.203 e. The zero-order chi connectivity index (χ0) is 12.7. The molecule has 0 bridgehead atoms. The van der Waals surface area contributed by atoms with Crippen molar-refractivity contribution in [1.29, 1.82) is 0 Å². The van der Waals surface area contributed by atoms with Crippen LogP contribution in [0.25, 0.3) is 11.0 Å². The molecule has 2 fully saturated rings. The number of nitrogens with zero attached hydrogens (tertiary/aromatic N) is 3. The number of fused-ring (bicyclic) bond motifs is 1. The van der Waals surface area contributed by atoms with Crippen LogP contribution in [0.2, 0.25) is 0 Å². The van der Waals surface area contributed by atoms with Crippen LogP contribution in [0, 0.1) is 0 Å². The summed E-state index contributed by atoms with van der Waals surface area (Å²) >= 11 is 0. The molecular weight excluding hydrogens is 238 g/mol. The van der Waals surface area contributed by atoms with Crippen molar-refractivity contribution >= 4 is 17.0 Å². The first kappa shape index (κ1) is 11.3. The maximum absolute atomic E-state index is 4.68. The molecule has 0 amide bonds. The number of para-hydroxylation sites is 2. The lowest BCUT2D eigenvalue weighted by molar-refractivity contribution is 0.137. The standard InChI is InChI=1S/C14H19N5/c1-2-4-13-12(3-1)16-14(17-13)19-7-5-18(6-8-19)11-9-15-10-11/h1-4,11,15H,5-10H2,(H,16,17). The van der Waals surface area contributed by atoms with Gasteiger partial charge < -0.3 is 15.2 Å². The van der Waals surface area contributed by atoms with E-state index < -0.39 is 0 Å². The number of benzene rings is 1. The number of aromatic nitrogens is 2. The maximum Gasteiger partial charge on any atom is 0.203 e. The van der Waals surface area contributed by atoms with E-state index in [2.05, 4.69) is 37.2 Å². The molecule has 1 aromatic carbocycles. The molecule has 0 atom stereocenters. The minimum Gasteiger partial charge on any atom is -0.340 e. The Morgan fingerprint density at radius 3 is 2.53 bits per heavy atom. The van der Waals surface area contributed by atoms with E-state index in [9.17, 15) is 0 Å². The predicted molar refractivity (Wildman–Crippen MR) is 76.5 cm³/mol. The summed E-state index contributed by atoms with van der Waals surface area (Å²) < 4.78 is 0. The van der Waals surface area contributed by atoms with Crippen LogP contribution in [0.15, 0.2) is 24.3 Å². The summed E-state index contributed by atoms with van der Waals surface area (Å²) in [5.74, 6) is 1.02. The van der Waals surface area contributed by atoms with E-state index >= 15 is 0 Å². The first-order chi connectivity index (χ1) is 9.40. The largest absolute Gasteiger partial charge is 0.340 e. The Labute approximate surface area is 112 Å². The van der Waals surface area contributed by atoms with Gasteiger partial charge in [0.2, 0.25) is 5.95 Å². The lowest BCUT2D eigenvalue weighted by Crippen LogP contribution is -2.61. The maximum atomic E-state index is 4.68. The van der Waals surface area contributed by atoms with Crippen LogP contribution in [-0.4, -0.2) is 60.2 Å². The average molecular weight is 257 g/mol. The number of hydrogen-bond donors (Lipinski definition) is 2. The topological polar surface area (TPSA) is 47.2 Å². The molecular formula is C14H19N5. The fourth-order valence-electron chi connectivity index (χ4n) is 2.92. The number of anilines is 1. The van der Waals surface area contributed by atoms with E-state index in [0.29, 0.717) is 0 Å². The Hall–Kier alpha value is -1.59. The van der Waals surface area contributed by atoms with E-state index in [1.807, 2.05) is 12.1 Å². The van der Waals surface area contributed by atoms with Crippen molar-refractivity contribution in [2.24, 2.45) is 0 Å². The van der Waals surface area contributed by atoms with Gasteiger partial charge in [0.1, 0.15) is 0 Å². The number of nitrogens with one attached hydrogen (secondary N) is 2. The van der Waals surface area contributed by atoms with Crippen LogP contribution in [0.5, 0.6) is 0 Å². The van der Waals surface area contributed by atoms with Gasteiger partial charge in [-0.1, -0.05) is 12.1 Å². The van der Waals surface area contributed by atoms with Gasteiger partial charge in [0.15, 0.2) is 0 Å². The van der Waals surface area contributed by atoms with Crippen molar-refractivity contribution in [3.05, 3.63) is 24.3 Å². The Morgan fingerprint density at radius 1 is 1.05 bits per heavy atom. The molecule has 2 aliphatic heterocycles. The van der Waals surface area contributed by atoms with Gasteiger partial charge in [0.05, 0.1) is 11.0 Å². The van der Waals surface area contributed by atoms with Crippen LogP contribution >= 0.6 is 0 Å². The summed E-state index contributed by atoms with van der Waals surface area (Å²) in [5.41, 5.74) is 2.19. The Morgan fingerprint density at radius 2 is 1.84 bits per heavy atom. The minimum absolute atomic E-state index is 0.762. The Bertz CT molecular complexity index is 533. The molecule has 4 rings (SSSR count). The lowest BCUT2D eigenvalue weighted by Gasteiger charge is -2.43. The number of aromatic amines is 1. The summed E-state index contributed by atoms with van der Waals surface area (Å²) in [6.45, 7) is 6.73. The monoisotopic (exact) mass is 257 g/mol. The predicted octanol–water partition coefficient (Wildman–Crippen LogP) is 0.657. The normalized spacial score (nSPS) is 21.8. The number of rotatable bonds is 2. The van der Waals surface area contributed by atoms with Gasteiger partial charge in [-0.05, 0) is 12.1 Å². The summed E-state index contributed by atoms with van der Waals surface area (Å²) in [6.07, 6.45) is 0. The van der Waals surface area contributed by atoms with Crippen molar-refractivity contribution in [2.75, 3.05) is 44.2 Å². The number of hydrogen-bond acceptors (Lipinski definition) is 4. The summed E-state index contributed by atoms with van der Waals surface area (Å²) in [5, 5.41) is 3.35. The molecule has 100 valence electrons. The third-order valence-corrected chi connectivity index (χ3v) is 4.27. The number of piperazine rings is 1. The van der Waals surface area contributed by atoms with E-state index in [1.165, 1.54) is 0 Å². The lowest BCUT2D eigenvalue weighted by atomic mass is 10.1. The van der Waals surface area contributed by atoms with Crippen LogP contribution in [-0.2, 0) is 0 Å². The molecule has 0 spiro atoms. The zero-order valence-electron chi connectivity index (χ0n) is 11.0. The zero-order valence-corrected chi connectivity index (χ0v) is 11.0. The van der Waals surface area contributed by atoms with Crippen LogP contribution in [0.3, 0.4) is 0 Å². The highest BCUT2D eigenvalue weighted by Crippen LogP contribution is 2.19. The minimum atomic E-state index is 0.762.